The van der Waals surface area contributed by atoms with Crippen molar-refractivity contribution in [2.75, 3.05) is 0 Å². The lowest BCUT2D eigenvalue weighted by molar-refractivity contribution is -0.905. The molecule has 0 amide bonds. The number of allylic oxidation sites excluding steroid dienone is 1. The zero-order valence-corrected chi connectivity index (χ0v) is 7.44. The molecule has 0 saturated carbocycles. The summed E-state index contributed by atoms with van der Waals surface area (Å²) in [5.41, 5.74) is 0.797. The maximum atomic E-state index is 9.29. The van der Waals surface area contributed by atoms with E-state index in [2.05, 4.69) is 13.8 Å². The van der Waals surface area contributed by atoms with Gasteiger partial charge >= 0.3 is 0 Å². The van der Waals surface area contributed by atoms with E-state index in [9.17, 15) is 5.21 Å². The summed E-state index contributed by atoms with van der Waals surface area (Å²) in [4.78, 5) is 0. The van der Waals surface area contributed by atoms with Crippen molar-refractivity contribution in [3.63, 3.8) is 0 Å². The molecule has 0 radical (unpaired) electrons. The molecular weight excluding hydrogens is 150 g/mol. The van der Waals surface area contributed by atoms with Gasteiger partial charge in [0.2, 0.25) is 6.20 Å². The van der Waals surface area contributed by atoms with Crippen LogP contribution in [0, 0.1) is 5.92 Å². The lowest BCUT2D eigenvalue weighted by atomic mass is 10.2. The predicted molar refractivity (Wildman–Crippen MR) is 47.7 cm³/mol. The van der Waals surface area contributed by atoms with Crippen LogP contribution in [0.25, 0.3) is 6.08 Å². The third kappa shape index (κ3) is 2.38. The van der Waals surface area contributed by atoms with Gasteiger partial charge < -0.3 is 0 Å². The lowest BCUT2D eigenvalue weighted by Gasteiger charge is -1.92. The molecule has 1 rings (SSSR count). The topological polar surface area (TPSA) is 24.1 Å². The van der Waals surface area contributed by atoms with E-state index < -0.39 is 0 Å². The fourth-order valence-corrected chi connectivity index (χ4v) is 0.871. The van der Waals surface area contributed by atoms with Crippen molar-refractivity contribution < 1.29 is 9.94 Å². The Bertz CT molecular complexity index is 279. The van der Waals surface area contributed by atoms with E-state index in [1.54, 1.807) is 12.3 Å². The third-order valence-electron chi connectivity index (χ3n) is 1.52. The van der Waals surface area contributed by atoms with Crippen LogP contribution < -0.4 is 4.73 Å². The first-order chi connectivity index (χ1) is 5.70. The van der Waals surface area contributed by atoms with Crippen molar-refractivity contribution >= 4 is 6.08 Å². The van der Waals surface area contributed by atoms with E-state index in [0.29, 0.717) is 5.92 Å². The van der Waals surface area contributed by atoms with Gasteiger partial charge in [0, 0.05) is 22.9 Å². The fourth-order valence-electron chi connectivity index (χ4n) is 0.871. The minimum Gasteiger partial charge on any atom is -0.285 e. The van der Waals surface area contributed by atoms with E-state index >= 15 is 0 Å². The summed E-state index contributed by atoms with van der Waals surface area (Å²) in [6.07, 6.45) is 5.56. The van der Waals surface area contributed by atoms with Crippen molar-refractivity contribution in [3.8, 4) is 0 Å². The first-order valence-corrected chi connectivity index (χ1v) is 4.08. The summed E-state index contributed by atoms with van der Waals surface area (Å²) in [6, 6.07) is 5.54. The molecule has 0 fully saturated rings. The zero-order valence-electron chi connectivity index (χ0n) is 7.44. The molecule has 0 aromatic carbocycles. The van der Waals surface area contributed by atoms with Crippen molar-refractivity contribution in [3.05, 3.63) is 36.2 Å². The molecule has 0 aliphatic rings. The Hall–Kier alpha value is -1.31. The van der Waals surface area contributed by atoms with Crippen LogP contribution in [0.2, 0.25) is 0 Å². The number of aromatic nitrogens is 1. The van der Waals surface area contributed by atoms with Crippen molar-refractivity contribution in [1.82, 2.24) is 0 Å². The molecule has 0 aliphatic carbocycles. The number of hydrogen-bond donors (Lipinski definition) is 1. The van der Waals surface area contributed by atoms with Gasteiger partial charge in [-0.2, -0.15) is 0 Å². The molecule has 0 aliphatic heterocycles. The SMILES string of the molecule is CC(C)/C=C/c1cccc[n+]1O. The van der Waals surface area contributed by atoms with E-state index in [-0.39, 0.29) is 0 Å². The summed E-state index contributed by atoms with van der Waals surface area (Å²) < 4.78 is 1.11. The molecule has 0 spiro atoms. The monoisotopic (exact) mass is 164 g/mol. The maximum Gasteiger partial charge on any atom is 0.256 e. The molecule has 0 unspecified atom stereocenters. The Labute approximate surface area is 72.7 Å². The van der Waals surface area contributed by atoms with Gasteiger partial charge in [-0.05, 0) is 12.0 Å². The zero-order chi connectivity index (χ0) is 8.97. The Kier molecular flexibility index (Phi) is 2.86. The van der Waals surface area contributed by atoms with Gasteiger partial charge in [0.05, 0.1) is 0 Å². The average molecular weight is 164 g/mol. The largest absolute Gasteiger partial charge is 0.285 e. The van der Waals surface area contributed by atoms with Crippen LogP contribution in [0.3, 0.4) is 0 Å². The number of hydrogen-bond acceptors (Lipinski definition) is 1. The van der Waals surface area contributed by atoms with Crippen LogP contribution in [0.1, 0.15) is 19.5 Å². The second-order valence-electron chi connectivity index (χ2n) is 3.07. The summed E-state index contributed by atoms with van der Waals surface area (Å²) in [7, 11) is 0. The van der Waals surface area contributed by atoms with Gasteiger partial charge in [0.25, 0.3) is 5.69 Å². The van der Waals surface area contributed by atoms with Crippen LogP contribution in [0.15, 0.2) is 30.5 Å². The van der Waals surface area contributed by atoms with Crippen molar-refractivity contribution in [2.45, 2.75) is 13.8 Å². The second-order valence-corrected chi connectivity index (χ2v) is 3.07. The summed E-state index contributed by atoms with van der Waals surface area (Å²) in [5.74, 6) is 0.505. The number of pyridine rings is 1. The van der Waals surface area contributed by atoms with Crippen molar-refractivity contribution in [1.29, 1.82) is 0 Å². The van der Waals surface area contributed by atoms with Gasteiger partial charge in [0.15, 0.2) is 0 Å². The van der Waals surface area contributed by atoms with E-state index in [1.807, 2.05) is 24.3 Å². The summed E-state index contributed by atoms with van der Waals surface area (Å²) >= 11 is 0. The molecule has 0 atom stereocenters. The van der Waals surface area contributed by atoms with Crippen molar-refractivity contribution in [2.24, 2.45) is 5.92 Å². The van der Waals surface area contributed by atoms with Gasteiger partial charge in [-0.25, -0.2) is 0 Å². The Morgan fingerprint density at radius 1 is 1.42 bits per heavy atom. The average Bonchev–Trinajstić information content (AvgIpc) is 2.03. The van der Waals surface area contributed by atoms with Gasteiger partial charge in [-0.3, -0.25) is 5.21 Å². The van der Waals surface area contributed by atoms with E-state index in [1.165, 1.54) is 0 Å². The van der Waals surface area contributed by atoms with Gasteiger partial charge in [0.1, 0.15) is 0 Å². The summed E-state index contributed by atoms with van der Waals surface area (Å²) in [6.45, 7) is 4.20. The first kappa shape index (κ1) is 8.78. The van der Waals surface area contributed by atoms with Crippen LogP contribution in [0.4, 0.5) is 0 Å². The minimum atomic E-state index is 0.505. The smallest absolute Gasteiger partial charge is 0.256 e. The van der Waals surface area contributed by atoms with Crippen LogP contribution in [0.5, 0.6) is 0 Å². The van der Waals surface area contributed by atoms with Gasteiger partial charge in [-0.15, -0.1) is 0 Å². The van der Waals surface area contributed by atoms with Crippen LogP contribution >= 0.6 is 0 Å². The lowest BCUT2D eigenvalue weighted by Crippen LogP contribution is -2.32. The van der Waals surface area contributed by atoms with Gasteiger partial charge in [-0.1, -0.05) is 19.9 Å². The normalized spacial score (nSPS) is 11.2. The quantitative estimate of drug-likeness (QED) is 0.523. The fraction of sp³-hybridized carbons (Fsp3) is 0.300. The Morgan fingerprint density at radius 3 is 2.75 bits per heavy atom. The van der Waals surface area contributed by atoms with E-state index in [0.717, 1.165) is 10.4 Å². The first-order valence-electron chi connectivity index (χ1n) is 4.08. The second kappa shape index (κ2) is 3.90. The van der Waals surface area contributed by atoms with Crippen LogP contribution in [-0.4, -0.2) is 5.21 Å². The molecule has 0 bridgehead atoms. The number of nitrogens with zero attached hydrogens (tertiary/aromatic N) is 1. The highest BCUT2D eigenvalue weighted by atomic mass is 16.5. The highest BCUT2D eigenvalue weighted by molar-refractivity contribution is 5.40. The Morgan fingerprint density at radius 2 is 2.17 bits per heavy atom. The van der Waals surface area contributed by atoms with E-state index in [4.69, 9.17) is 0 Å². The molecule has 0 saturated heterocycles. The number of rotatable bonds is 2. The molecule has 1 aromatic rings. The van der Waals surface area contributed by atoms with Crippen LogP contribution in [-0.2, 0) is 0 Å². The highest BCUT2D eigenvalue weighted by Crippen LogP contribution is 1.99. The molecule has 1 heterocycles. The third-order valence-corrected chi connectivity index (χ3v) is 1.52. The molecule has 1 N–H and O–H groups in total. The predicted octanol–water partition coefficient (Wildman–Crippen LogP) is 1.88. The molecule has 1 aromatic heterocycles. The highest BCUT2D eigenvalue weighted by Gasteiger charge is 2.02. The standard InChI is InChI=1S/C10H14NO/c1-9(2)6-7-10-5-3-4-8-11(10)12/h3-9,12H,1-2H3/q+1/b7-6+. The maximum absolute atomic E-state index is 9.29. The molecule has 2 nitrogen and oxygen atoms in total. The molecule has 12 heavy (non-hydrogen) atoms. The minimum absolute atomic E-state index is 0.505. The molecule has 64 valence electrons. The molecule has 2 heteroatoms. The molecular formula is C10H14NO+. The Balaban J connectivity index is 2.82. The summed E-state index contributed by atoms with van der Waals surface area (Å²) in [5, 5.41) is 9.29.